The smallest absolute Gasteiger partial charge is 0.155 e. The second kappa shape index (κ2) is 6.15. The molecule has 0 atom stereocenters. The first-order chi connectivity index (χ1) is 10.5. The number of piperazine rings is 1. The third-order valence-corrected chi connectivity index (χ3v) is 4.56. The minimum Gasteiger partial charge on any atom is -0.453 e. The molecule has 0 spiro atoms. The van der Waals surface area contributed by atoms with Crippen molar-refractivity contribution in [2.75, 3.05) is 38.1 Å². The number of halogens is 2. The molecule has 0 bridgehead atoms. The van der Waals surface area contributed by atoms with Crippen molar-refractivity contribution in [1.82, 2.24) is 0 Å². The molecule has 1 aromatic heterocycles. The van der Waals surface area contributed by atoms with Crippen molar-refractivity contribution in [2.45, 2.75) is 13.8 Å². The van der Waals surface area contributed by atoms with Gasteiger partial charge >= 0.3 is 0 Å². The molecule has 22 heavy (non-hydrogen) atoms. The van der Waals surface area contributed by atoms with Crippen LogP contribution in [-0.2, 0) is 0 Å². The molecular formula is C17H21Cl2N2O+. The molecule has 3 rings (SSSR count). The predicted octanol–water partition coefficient (Wildman–Crippen LogP) is 3.50. The molecule has 2 heterocycles. The van der Waals surface area contributed by atoms with Crippen LogP contribution in [0.15, 0.2) is 22.1 Å². The molecule has 1 fully saturated rings. The summed E-state index contributed by atoms with van der Waals surface area (Å²) in [7, 11) is 2.23. The highest BCUT2D eigenvalue weighted by molar-refractivity contribution is 6.38. The molecule has 5 heteroatoms. The maximum Gasteiger partial charge on any atom is 0.155 e. The average molecular weight is 340 g/mol. The lowest BCUT2D eigenvalue weighted by Gasteiger charge is -2.31. The van der Waals surface area contributed by atoms with Crippen LogP contribution >= 0.6 is 23.2 Å². The Balaban J connectivity index is 2.18. The minimum atomic E-state index is 0.567. The van der Waals surface area contributed by atoms with Crippen molar-refractivity contribution in [3.8, 4) is 0 Å². The monoisotopic (exact) mass is 339 g/mol. The first-order valence-corrected chi connectivity index (χ1v) is 8.34. The number of benzene rings is 1. The van der Waals surface area contributed by atoms with E-state index in [1.54, 1.807) is 11.0 Å². The molecule has 0 amide bonds. The standard InChI is InChI=1S/C17H20Cl2N2O/c1-11(2)8-15-16(21-6-4-20(3)5-7-21)13-9-12(18)10-14(19)17(13)22-15/h8-10H,4-7H2,1-3H3/p+1. The van der Waals surface area contributed by atoms with Gasteiger partial charge in [0, 0.05) is 10.4 Å². The topological polar surface area (TPSA) is 20.8 Å². The van der Waals surface area contributed by atoms with E-state index >= 15 is 0 Å². The zero-order valence-corrected chi connectivity index (χ0v) is 14.7. The molecule has 1 N–H and O–H groups in total. The normalized spacial score (nSPS) is 16.3. The Bertz CT molecular complexity index is 724. The van der Waals surface area contributed by atoms with Gasteiger partial charge in [0.05, 0.1) is 43.9 Å². The fourth-order valence-electron chi connectivity index (χ4n) is 2.93. The van der Waals surface area contributed by atoms with Crippen LogP contribution in [-0.4, -0.2) is 33.2 Å². The van der Waals surface area contributed by atoms with Crippen LogP contribution in [0.1, 0.15) is 19.6 Å². The number of hydrogen-bond donors (Lipinski definition) is 1. The maximum absolute atomic E-state index is 6.32. The lowest BCUT2D eigenvalue weighted by molar-refractivity contribution is -0.880. The molecule has 0 radical (unpaired) electrons. The number of likely N-dealkylation sites (N-methyl/N-ethyl adjacent to an activating group) is 1. The number of quaternary nitrogens is 1. The highest BCUT2D eigenvalue weighted by Crippen LogP contribution is 2.40. The van der Waals surface area contributed by atoms with Crippen molar-refractivity contribution in [1.29, 1.82) is 0 Å². The summed E-state index contributed by atoms with van der Waals surface area (Å²) in [6.45, 7) is 8.40. The largest absolute Gasteiger partial charge is 0.453 e. The van der Waals surface area contributed by atoms with E-state index in [-0.39, 0.29) is 0 Å². The van der Waals surface area contributed by atoms with Crippen LogP contribution in [0.3, 0.4) is 0 Å². The van der Waals surface area contributed by atoms with Gasteiger partial charge < -0.3 is 14.2 Å². The second-order valence-electron chi connectivity index (χ2n) is 6.25. The molecule has 0 unspecified atom stereocenters. The summed E-state index contributed by atoms with van der Waals surface area (Å²) in [5, 5.41) is 2.21. The zero-order valence-electron chi connectivity index (χ0n) is 13.2. The van der Waals surface area contributed by atoms with Gasteiger partial charge in [0.1, 0.15) is 0 Å². The van der Waals surface area contributed by atoms with Crippen LogP contribution in [0, 0.1) is 0 Å². The Hall–Kier alpha value is -1.16. The van der Waals surface area contributed by atoms with Gasteiger partial charge in [-0.2, -0.15) is 0 Å². The SMILES string of the molecule is CC(C)=Cc1oc2c(Cl)cc(Cl)cc2c1N1CC[NH+](C)CC1. The third kappa shape index (κ3) is 2.98. The number of furan rings is 1. The van der Waals surface area contributed by atoms with Crippen LogP contribution in [0.25, 0.3) is 17.0 Å². The van der Waals surface area contributed by atoms with E-state index in [0.29, 0.717) is 10.0 Å². The van der Waals surface area contributed by atoms with Gasteiger partial charge in [0.15, 0.2) is 11.3 Å². The van der Waals surface area contributed by atoms with Gasteiger partial charge in [-0.1, -0.05) is 28.8 Å². The van der Waals surface area contributed by atoms with E-state index in [2.05, 4.69) is 31.9 Å². The van der Waals surface area contributed by atoms with E-state index in [0.717, 1.165) is 48.6 Å². The number of fused-ring (bicyclic) bond motifs is 1. The molecule has 0 saturated carbocycles. The number of allylic oxidation sites excluding steroid dienone is 1. The molecule has 2 aromatic rings. The Morgan fingerprint density at radius 3 is 2.55 bits per heavy atom. The van der Waals surface area contributed by atoms with Gasteiger partial charge in [0.25, 0.3) is 0 Å². The molecule has 3 nitrogen and oxygen atoms in total. The summed E-state index contributed by atoms with van der Waals surface area (Å²) in [5.41, 5.74) is 3.04. The summed E-state index contributed by atoms with van der Waals surface area (Å²) in [5.74, 6) is 0.874. The molecule has 1 aromatic carbocycles. The lowest BCUT2D eigenvalue weighted by Crippen LogP contribution is -3.12. The van der Waals surface area contributed by atoms with Crippen molar-refractivity contribution < 1.29 is 9.32 Å². The summed E-state index contributed by atoms with van der Waals surface area (Å²) in [6, 6.07) is 3.69. The van der Waals surface area contributed by atoms with Gasteiger partial charge in [-0.15, -0.1) is 0 Å². The quantitative estimate of drug-likeness (QED) is 0.903. The summed E-state index contributed by atoms with van der Waals surface area (Å²) in [6.07, 6.45) is 2.07. The van der Waals surface area contributed by atoms with Crippen molar-refractivity contribution in [3.05, 3.63) is 33.5 Å². The number of anilines is 1. The highest BCUT2D eigenvalue weighted by Gasteiger charge is 2.25. The van der Waals surface area contributed by atoms with Crippen LogP contribution in [0.2, 0.25) is 10.0 Å². The van der Waals surface area contributed by atoms with Gasteiger partial charge in [-0.3, -0.25) is 0 Å². The van der Waals surface area contributed by atoms with Gasteiger partial charge in [-0.25, -0.2) is 0 Å². The Morgan fingerprint density at radius 2 is 1.91 bits per heavy atom. The second-order valence-corrected chi connectivity index (χ2v) is 7.09. The predicted molar refractivity (Wildman–Crippen MR) is 94.4 cm³/mol. The molecule has 118 valence electrons. The van der Waals surface area contributed by atoms with Crippen molar-refractivity contribution >= 4 is 45.9 Å². The Labute approximate surface area is 141 Å². The number of rotatable bonds is 2. The zero-order chi connectivity index (χ0) is 15.9. The highest BCUT2D eigenvalue weighted by atomic mass is 35.5. The third-order valence-electron chi connectivity index (χ3n) is 4.06. The van der Waals surface area contributed by atoms with Crippen LogP contribution in [0.4, 0.5) is 5.69 Å². The van der Waals surface area contributed by atoms with Gasteiger partial charge in [0.2, 0.25) is 0 Å². The van der Waals surface area contributed by atoms with Gasteiger partial charge in [-0.05, 0) is 32.1 Å². The summed E-state index contributed by atoms with van der Waals surface area (Å²) < 4.78 is 6.06. The summed E-state index contributed by atoms with van der Waals surface area (Å²) >= 11 is 12.5. The lowest BCUT2D eigenvalue weighted by atomic mass is 10.1. The van der Waals surface area contributed by atoms with E-state index in [1.807, 2.05) is 6.07 Å². The van der Waals surface area contributed by atoms with E-state index in [1.165, 1.54) is 5.57 Å². The number of nitrogens with one attached hydrogen (secondary N) is 1. The molecule has 1 saturated heterocycles. The Morgan fingerprint density at radius 1 is 1.23 bits per heavy atom. The van der Waals surface area contributed by atoms with Crippen molar-refractivity contribution in [2.24, 2.45) is 0 Å². The fraction of sp³-hybridized carbons (Fsp3) is 0.412. The van der Waals surface area contributed by atoms with Crippen molar-refractivity contribution in [3.63, 3.8) is 0 Å². The first kappa shape index (κ1) is 15.7. The summed E-state index contributed by atoms with van der Waals surface area (Å²) in [4.78, 5) is 3.95. The van der Waals surface area contributed by atoms with E-state index in [9.17, 15) is 0 Å². The molecule has 1 aliphatic rings. The first-order valence-electron chi connectivity index (χ1n) is 7.58. The molecular weight excluding hydrogens is 319 g/mol. The molecule has 0 aliphatic carbocycles. The average Bonchev–Trinajstić information content (AvgIpc) is 2.77. The van der Waals surface area contributed by atoms with Crippen LogP contribution in [0.5, 0.6) is 0 Å². The fourth-order valence-corrected chi connectivity index (χ4v) is 3.46. The van der Waals surface area contributed by atoms with Crippen LogP contribution < -0.4 is 9.80 Å². The maximum atomic E-state index is 6.32. The Kier molecular flexibility index (Phi) is 4.40. The van der Waals surface area contributed by atoms with E-state index < -0.39 is 0 Å². The van der Waals surface area contributed by atoms with E-state index in [4.69, 9.17) is 27.6 Å². The number of nitrogens with zero attached hydrogens (tertiary/aromatic N) is 1. The minimum absolute atomic E-state index is 0.567. The molecule has 1 aliphatic heterocycles. The number of hydrogen-bond acceptors (Lipinski definition) is 2.